The molecular weight excluding hydrogens is 392 g/mol. The molecule has 1 heterocycles. The molecule has 0 radical (unpaired) electrons. The third-order valence-corrected chi connectivity index (χ3v) is 5.08. The van der Waals surface area contributed by atoms with Crippen molar-refractivity contribution in [1.82, 2.24) is 4.57 Å². The molecule has 0 amide bonds. The van der Waals surface area contributed by atoms with Gasteiger partial charge < -0.3 is 19.1 Å². The summed E-state index contributed by atoms with van der Waals surface area (Å²) in [6.45, 7) is 2.63. The van der Waals surface area contributed by atoms with Gasteiger partial charge >= 0.3 is 6.61 Å². The van der Waals surface area contributed by atoms with E-state index in [1.165, 1.54) is 30.3 Å². The highest BCUT2D eigenvalue weighted by molar-refractivity contribution is 5.47. The summed E-state index contributed by atoms with van der Waals surface area (Å²) in [5.41, 5.74) is 0.0104. The van der Waals surface area contributed by atoms with Gasteiger partial charge in [0.25, 0.3) is 0 Å². The smallest absolute Gasteiger partial charge is 0.387 e. The fourth-order valence-corrected chi connectivity index (χ4v) is 3.34. The molecule has 2 aromatic rings. The van der Waals surface area contributed by atoms with E-state index in [-0.39, 0.29) is 23.5 Å². The predicted molar refractivity (Wildman–Crippen MR) is 109 cm³/mol. The molecule has 1 saturated carbocycles. The summed E-state index contributed by atoms with van der Waals surface area (Å²) in [5, 5.41) is 11.4. The van der Waals surface area contributed by atoms with Gasteiger partial charge in [-0.05, 0) is 51.7 Å². The standard InChI is InChI=1S/C23H25F2NO4/c1-4-9-23(28,14-26-15(2)10-19(27)11-16(26)3)18-7-8-20(30-22(24)25)21(12-18)29-13-17-5-6-17/h7-8,10-12,17,22,28H,5-6,13-14H2,1-3H3. The van der Waals surface area contributed by atoms with Crippen molar-refractivity contribution >= 4 is 0 Å². The molecule has 30 heavy (non-hydrogen) atoms. The second-order valence-electron chi connectivity index (χ2n) is 7.59. The molecule has 0 spiro atoms. The first-order valence-electron chi connectivity index (χ1n) is 9.78. The molecule has 1 aromatic heterocycles. The van der Waals surface area contributed by atoms with E-state index < -0.39 is 12.2 Å². The molecule has 0 aliphatic heterocycles. The lowest BCUT2D eigenvalue weighted by Crippen LogP contribution is -2.32. The zero-order valence-electron chi connectivity index (χ0n) is 17.2. The number of hydrogen-bond donors (Lipinski definition) is 1. The second kappa shape index (κ2) is 8.88. The van der Waals surface area contributed by atoms with Crippen molar-refractivity contribution in [2.75, 3.05) is 6.61 Å². The lowest BCUT2D eigenvalue weighted by molar-refractivity contribution is -0.0516. The lowest BCUT2D eigenvalue weighted by atomic mass is 9.93. The molecule has 1 aliphatic rings. The fraction of sp³-hybridized carbons (Fsp3) is 0.435. The summed E-state index contributed by atoms with van der Waals surface area (Å²) >= 11 is 0. The molecule has 7 heteroatoms. The Labute approximate surface area is 174 Å². The van der Waals surface area contributed by atoms with Gasteiger partial charge in [-0.2, -0.15) is 8.78 Å². The normalized spacial score (nSPS) is 15.3. The maximum Gasteiger partial charge on any atom is 0.387 e. The summed E-state index contributed by atoms with van der Waals surface area (Å²) in [5.74, 6) is 6.02. The van der Waals surface area contributed by atoms with Crippen LogP contribution in [-0.2, 0) is 12.1 Å². The molecule has 1 atom stereocenters. The zero-order valence-corrected chi connectivity index (χ0v) is 17.2. The Kier molecular flexibility index (Phi) is 6.47. The number of rotatable bonds is 8. The van der Waals surface area contributed by atoms with Gasteiger partial charge in [0.1, 0.15) is 0 Å². The first kappa shape index (κ1) is 21.8. The Hall–Kier alpha value is -2.85. The minimum atomic E-state index is -2.99. The summed E-state index contributed by atoms with van der Waals surface area (Å²) in [6.07, 6.45) is 2.09. The number of ether oxygens (including phenoxy) is 2. The van der Waals surface area contributed by atoms with Crippen molar-refractivity contribution in [1.29, 1.82) is 0 Å². The van der Waals surface area contributed by atoms with Crippen molar-refractivity contribution in [2.45, 2.75) is 52.4 Å². The van der Waals surface area contributed by atoms with Gasteiger partial charge in [-0.3, -0.25) is 4.79 Å². The highest BCUT2D eigenvalue weighted by Gasteiger charge is 2.31. The maximum absolute atomic E-state index is 12.8. The number of aromatic nitrogens is 1. The SMILES string of the molecule is CC#CC(O)(Cn1c(C)cc(=O)cc1C)c1ccc(OC(F)F)c(OCC2CC2)c1. The summed E-state index contributed by atoms with van der Waals surface area (Å²) in [4.78, 5) is 11.7. The zero-order chi connectivity index (χ0) is 21.9. The number of alkyl halides is 2. The molecule has 3 rings (SSSR count). The molecule has 1 N–H and O–H groups in total. The number of halogens is 2. The van der Waals surface area contributed by atoms with E-state index >= 15 is 0 Å². The van der Waals surface area contributed by atoms with Crippen LogP contribution in [0, 0.1) is 31.6 Å². The van der Waals surface area contributed by atoms with Crippen molar-refractivity contribution < 1.29 is 23.4 Å². The summed E-state index contributed by atoms with van der Waals surface area (Å²) in [7, 11) is 0. The van der Waals surface area contributed by atoms with Crippen LogP contribution in [0.1, 0.15) is 36.7 Å². The number of benzene rings is 1. The van der Waals surface area contributed by atoms with E-state index in [0.29, 0.717) is 29.5 Å². The Morgan fingerprint density at radius 2 is 1.87 bits per heavy atom. The Bertz CT molecular complexity index is 1010. The van der Waals surface area contributed by atoms with Crippen molar-refractivity contribution in [3.8, 4) is 23.3 Å². The molecule has 1 unspecified atom stereocenters. The van der Waals surface area contributed by atoms with Crippen LogP contribution in [0.2, 0.25) is 0 Å². The highest BCUT2D eigenvalue weighted by atomic mass is 19.3. The molecule has 1 aliphatic carbocycles. The Morgan fingerprint density at radius 3 is 2.43 bits per heavy atom. The minimum Gasteiger partial charge on any atom is -0.489 e. The van der Waals surface area contributed by atoms with Crippen LogP contribution in [0.25, 0.3) is 0 Å². The van der Waals surface area contributed by atoms with Crippen LogP contribution in [0.4, 0.5) is 8.78 Å². The number of hydrogen-bond acceptors (Lipinski definition) is 4. The van der Waals surface area contributed by atoms with Gasteiger partial charge in [-0.25, -0.2) is 0 Å². The molecule has 1 fully saturated rings. The maximum atomic E-state index is 12.8. The van der Waals surface area contributed by atoms with Crippen LogP contribution in [-0.4, -0.2) is 22.9 Å². The third-order valence-electron chi connectivity index (χ3n) is 5.08. The quantitative estimate of drug-likeness (QED) is 0.665. The van der Waals surface area contributed by atoms with E-state index in [1.54, 1.807) is 25.3 Å². The average molecular weight is 417 g/mol. The molecular formula is C23H25F2NO4. The molecule has 0 saturated heterocycles. The van der Waals surface area contributed by atoms with Gasteiger partial charge in [0.2, 0.25) is 0 Å². The first-order chi connectivity index (χ1) is 14.2. The first-order valence-corrected chi connectivity index (χ1v) is 9.78. The predicted octanol–water partition coefficient (Wildman–Crippen LogP) is 3.77. The van der Waals surface area contributed by atoms with Crippen molar-refractivity contribution in [2.24, 2.45) is 5.92 Å². The third kappa shape index (κ3) is 5.19. The van der Waals surface area contributed by atoms with Gasteiger partial charge in [0.05, 0.1) is 13.2 Å². The van der Waals surface area contributed by atoms with Crippen molar-refractivity contribution in [3.05, 3.63) is 57.5 Å². The topological polar surface area (TPSA) is 60.7 Å². The molecule has 0 bridgehead atoms. The van der Waals surface area contributed by atoms with Crippen LogP contribution in [0.3, 0.4) is 0 Å². The average Bonchev–Trinajstić information content (AvgIpc) is 3.48. The van der Waals surface area contributed by atoms with E-state index in [1.807, 2.05) is 0 Å². The molecule has 1 aromatic carbocycles. The summed E-state index contributed by atoms with van der Waals surface area (Å²) in [6, 6.07) is 7.32. The van der Waals surface area contributed by atoms with Crippen LogP contribution in [0.15, 0.2) is 35.1 Å². The lowest BCUT2D eigenvalue weighted by Gasteiger charge is -2.27. The van der Waals surface area contributed by atoms with Crippen LogP contribution >= 0.6 is 0 Å². The van der Waals surface area contributed by atoms with Crippen LogP contribution in [0.5, 0.6) is 11.5 Å². The van der Waals surface area contributed by atoms with E-state index in [9.17, 15) is 18.7 Å². The minimum absolute atomic E-state index is 0.0584. The monoisotopic (exact) mass is 417 g/mol. The number of aliphatic hydroxyl groups is 1. The largest absolute Gasteiger partial charge is 0.489 e. The van der Waals surface area contributed by atoms with E-state index in [4.69, 9.17) is 4.74 Å². The van der Waals surface area contributed by atoms with Gasteiger partial charge in [-0.15, -0.1) is 5.92 Å². The number of aryl methyl sites for hydroxylation is 2. The summed E-state index contributed by atoms with van der Waals surface area (Å²) < 4.78 is 37.7. The Morgan fingerprint density at radius 1 is 1.20 bits per heavy atom. The highest BCUT2D eigenvalue weighted by Crippen LogP contribution is 2.37. The van der Waals surface area contributed by atoms with Crippen molar-refractivity contribution in [3.63, 3.8) is 0 Å². The number of nitrogens with zero attached hydrogens (tertiary/aromatic N) is 1. The van der Waals surface area contributed by atoms with E-state index in [2.05, 4.69) is 16.6 Å². The Balaban J connectivity index is 2.00. The van der Waals surface area contributed by atoms with Gasteiger partial charge in [0, 0.05) is 29.1 Å². The van der Waals surface area contributed by atoms with Gasteiger partial charge in [-0.1, -0.05) is 12.0 Å². The second-order valence-corrected chi connectivity index (χ2v) is 7.59. The van der Waals surface area contributed by atoms with Crippen LogP contribution < -0.4 is 14.9 Å². The number of pyridine rings is 1. The molecule has 5 nitrogen and oxygen atoms in total. The fourth-order valence-electron chi connectivity index (χ4n) is 3.34. The van der Waals surface area contributed by atoms with E-state index in [0.717, 1.165) is 12.8 Å². The van der Waals surface area contributed by atoms with Gasteiger partial charge in [0.15, 0.2) is 22.5 Å². The molecule has 160 valence electrons.